The van der Waals surface area contributed by atoms with Gasteiger partial charge >= 0.3 is 0 Å². The first-order valence-electron chi connectivity index (χ1n) is 10.1. The topological polar surface area (TPSA) is 74.5 Å². The molecule has 1 unspecified atom stereocenters. The van der Waals surface area contributed by atoms with Crippen molar-refractivity contribution >= 4 is 22.5 Å². The molecule has 27 heavy (non-hydrogen) atoms. The summed E-state index contributed by atoms with van der Waals surface area (Å²) in [6.45, 7) is 2.41. The second kappa shape index (κ2) is 6.77. The molecule has 0 bridgehead atoms. The number of carbonyl (C=O) groups is 1. The summed E-state index contributed by atoms with van der Waals surface area (Å²) in [4.78, 5) is 21.3. The molecule has 0 spiro atoms. The van der Waals surface area contributed by atoms with Gasteiger partial charge in [-0.25, -0.2) is 0 Å². The Hall–Kier alpha value is -2.18. The van der Waals surface area contributed by atoms with Gasteiger partial charge in [-0.1, -0.05) is 18.2 Å². The van der Waals surface area contributed by atoms with Crippen LogP contribution in [0.15, 0.2) is 36.5 Å². The Labute approximate surface area is 159 Å². The van der Waals surface area contributed by atoms with Crippen LogP contribution in [0.4, 0.5) is 5.69 Å². The SMILES string of the molecule is N[C@@H]1C[C@@H]2CC2N1C(=O)CN1CCC(Nc2ccnc3ccccc23)CC1. The largest absolute Gasteiger partial charge is 0.382 e. The number of amides is 1. The van der Waals surface area contributed by atoms with Crippen LogP contribution in [-0.4, -0.2) is 58.6 Å². The summed E-state index contributed by atoms with van der Waals surface area (Å²) < 4.78 is 0. The zero-order chi connectivity index (χ0) is 18.4. The number of rotatable bonds is 4. The summed E-state index contributed by atoms with van der Waals surface area (Å²) in [6, 6.07) is 11.2. The van der Waals surface area contributed by atoms with Crippen LogP contribution in [0.5, 0.6) is 0 Å². The molecule has 1 amide bonds. The van der Waals surface area contributed by atoms with E-state index in [2.05, 4.69) is 33.4 Å². The summed E-state index contributed by atoms with van der Waals surface area (Å²) in [5, 5.41) is 4.86. The number of likely N-dealkylation sites (tertiary alicyclic amines) is 2. The van der Waals surface area contributed by atoms with Crippen LogP contribution < -0.4 is 11.1 Å². The number of hydrogen-bond acceptors (Lipinski definition) is 5. The number of aromatic nitrogens is 1. The highest BCUT2D eigenvalue weighted by Crippen LogP contribution is 2.46. The predicted molar refractivity (Wildman–Crippen MR) is 106 cm³/mol. The minimum absolute atomic E-state index is 0.0552. The number of pyridine rings is 1. The molecule has 6 heteroatoms. The van der Waals surface area contributed by atoms with E-state index in [9.17, 15) is 4.79 Å². The lowest BCUT2D eigenvalue weighted by Crippen LogP contribution is -2.50. The number of nitrogens with one attached hydrogen (secondary N) is 1. The van der Waals surface area contributed by atoms with Gasteiger partial charge in [0.25, 0.3) is 0 Å². The van der Waals surface area contributed by atoms with Crippen molar-refractivity contribution < 1.29 is 4.79 Å². The van der Waals surface area contributed by atoms with E-state index in [-0.39, 0.29) is 12.1 Å². The van der Waals surface area contributed by atoms with E-state index in [0.29, 0.717) is 24.5 Å². The van der Waals surface area contributed by atoms with Crippen LogP contribution in [0.1, 0.15) is 25.7 Å². The van der Waals surface area contributed by atoms with Crippen LogP contribution in [0.2, 0.25) is 0 Å². The Morgan fingerprint density at radius 3 is 2.78 bits per heavy atom. The summed E-state index contributed by atoms with van der Waals surface area (Å²) in [5.74, 6) is 0.896. The third-order valence-electron chi connectivity index (χ3n) is 6.39. The number of fused-ring (bicyclic) bond motifs is 2. The first kappa shape index (κ1) is 17.0. The molecule has 2 aliphatic heterocycles. The summed E-state index contributed by atoms with van der Waals surface area (Å²) >= 11 is 0. The Morgan fingerprint density at radius 2 is 2.00 bits per heavy atom. The van der Waals surface area contributed by atoms with Crippen molar-refractivity contribution in [1.82, 2.24) is 14.8 Å². The maximum Gasteiger partial charge on any atom is 0.238 e. The van der Waals surface area contributed by atoms with Gasteiger partial charge in [0, 0.05) is 42.4 Å². The summed E-state index contributed by atoms with van der Waals surface area (Å²) in [6.07, 6.45) is 6.04. The fourth-order valence-corrected chi connectivity index (χ4v) is 4.82. The van der Waals surface area contributed by atoms with Crippen molar-refractivity contribution in [3.8, 4) is 0 Å². The lowest BCUT2D eigenvalue weighted by molar-refractivity contribution is -0.134. The van der Waals surface area contributed by atoms with Crippen LogP contribution >= 0.6 is 0 Å². The number of anilines is 1. The molecule has 1 aliphatic carbocycles. The van der Waals surface area contributed by atoms with E-state index in [4.69, 9.17) is 5.73 Å². The van der Waals surface area contributed by atoms with Crippen molar-refractivity contribution in [3.63, 3.8) is 0 Å². The molecule has 1 aromatic carbocycles. The Kier molecular flexibility index (Phi) is 4.25. The van der Waals surface area contributed by atoms with Crippen molar-refractivity contribution in [2.75, 3.05) is 25.0 Å². The number of piperidine rings is 2. The Balaban J connectivity index is 1.16. The van der Waals surface area contributed by atoms with Crippen molar-refractivity contribution in [3.05, 3.63) is 36.5 Å². The van der Waals surface area contributed by atoms with Gasteiger partial charge in [-0.3, -0.25) is 14.7 Å². The fourth-order valence-electron chi connectivity index (χ4n) is 4.82. The molecular weight excluding hydrogens is 338 g/mol. The van der Waals surface area contributed by atoms with Crippen molar-refractivity contribution in [2.45, 2.75) is 43.9 Å². The number of carbonyl (C=O) groups excluding carboxylic acids is 1. The molecular formula is C21H27N5O. The average Bonchev–Trinajstić information content (AvgIpc) is 3.34. The maximum atomic E-state index is 12.7. The van der Waals surface area contributed by atoms with Gasteiger partial charge in [0.2, 0.25) is 5.91 Å². The summed E-state index contributed by atoms with van der Waals surface area (Å²) in [7, 11) is 0. The smallest absolute Gasteiger partial charge is 0.238 e. The number of para-hydroxylation sites is 1. The molecule has 3 fully saturated rings. The fraction of sp³-hybridized carbons (Fsp3) is 0.524. The molecule has 3 heterocycles. The van der Waals surface area contributed by atoms with Crippen molar-refractivity contribution in [1.29, 1.82) is 0 Å². The van der Waals surface area contributed by atoms with E-state index in [1.54, 1.807) is 0 Å². The van der Waals surface area contributed by atoms with E-state index in [1.165, 1.54) is 5.39 Å². The normalized spacial score (nSPS) is 28.3. The standard InChI is InChI=1S/C21H27N5O/c22-20-12-14-11-19(14)26(20)21(27)13-25-9-6-15(7-10-25)24-18-5-8-23-17-4-2-1-3-16(17)18/h1-5,8,14-15,19-20H,6-7,9-13,22H2,(H,23,24)/t14-,19?,20-/m0/s1. The Bertz CT molecular complexity index is 840. The highest BCUT2D eigenvalue weighted by Gasteiger charge is 2.52. The third-order valence-corrected chi connectivity index (χ3v) is 6.39. The van der Waals surface area contributed by atoms with Gasteiger partial charge in [-0.05, 0) is 43.7 Å². The van der Waals surface area contributed by atoms with E-state index >= 15 is 0 Å². The molecule has 3 atom stereocenters. The minimum Gasteiger partial charge on any atom is -0.382 e. The lowest BCUT2D eigenvalue weighted by Gasteiger charge is -2.34. The zero-order valence-corrected chi connectivity index (χ0v) is 15.6. The Morgan fingerprint density at radius 1 is 1.19 bits per heavy atom. The monoisotopic (exact) mass is 365 g/mol. The van der Waals surface area contributed by atoms with Crippen LogP contribution in [0.3, 0.4) is 0 Å². The third kappa shape index (κ3) is 3.28. The molecule has 142 valence electrons. The molecule has 1 aromatic heterocycles. The molecule has 2 saturated heterocycles. The number of nitrogens with zero attached hydrogens (tertiary/aromatic N) is 3. The second-order valence-electron chi connectivity index (χ2n) is 8.24. The van der Waals surface area contributed by atoms with Crippen LogP contribution in [-0.2, 0) is 4.79 Å². The molecule has 3 N–H and O–H groups in total. The first-order chi connectivity index (χ1) is 13.2. The molecule has 3 aliphatic rings. The average molecular weight is 365 g/mol. The predicted octanol–water partition coefficient (Wildman–Crippen LogP) is 2.02. The summed E-state index contributed by atoms with van der Waals surface area (Å²) in [5.41, 5.74) is 8.30. The van der Waals surface area contributed by atoms with Gasteiger partial charge in [0.15, 0.2) is 0 Å². The molecule has 6 nitrogen and oxygen atoms in total. The van der Waals surface area contributed by atoms with Gasteiger partial charge in [0.1, 0.15) is 0 Å². The minimum atomic E-state index is -0.0552. The number of hydrogen-bond donors (Lipinski definition) is 2. The van der Waals surface area contributed by atoms with Crippen molar-refractivity contribution in [2.24, 2.45) is 11.7 Å². The molecule has 1 saturated carbocycles. The van der Waals surface area contributed by atoms with Crippen LogP contribution in [0.25, 0.3) is 10.9 Å². The number of nitrogens with two attached hydrogens (primary N) is 1. The van der Waals surface area contributed by atoms with E-state index in [1.807, 2.05) is 23.2 Å². The quantitative estimate of drug-likeness (QED) is 0.867. The zero-order valence-electron chi connectivity index (χ0n) is 15.6. The molecule has 0 radical (unpaired) electrons. The van der Waals surface area contributed by atoms with Gasteiger partial charge < -0.3 is 16.0 Å². The number of benzene rings is 1. The maximum absolute atomic E-state index is 12.7. The van der Waals surface area contributed by atoms with Gasteiger partial charge in [-0.15, -0.1) is 0 Å². The molecule has 5 rings (SSSR count). The highest BCUT2D eigenvalue weighted by atomic mass is 16.2. The van der Waals surface area contributed by atoms with Gasteiger partial charge in [0.05, 0.1) is 18.2 Å². The van der Waals surface area contributed by atoms with E-state index < -0.39 is 0 Å². The lowest BCUT2D eigenvalue weighted by atomic mass is 10.0. The first-order valence-corrected chi connectivity index (χ1v) is 10.1. The molecule has 2 aromatic rings. The van der Waals surface area contributed by atoms with Crippen LogP contribution in [0, 0.1) is 5.92 Å². The van der Waals surface area contributed by atoms with E-state index in [0.717, 1.165) is 50.0 Å². The second-order valence-corrected chi connectivity index (χ2v) is 8.24. The van der Waals surface area contributed by atoms with Gasteiger partial charge in [-0.2, -0.15) is 0 Å². The highest BCUT2D eigenvalue weighted by molar-refractivity contribution is 5.91.